The molecule has 0 saturated heterocycles. The number of rotatable bonds is 7. The van der Waals surface area contributed by atoms with E-state index in [1.165, 1.54) is 16.4 Å². The van der Waals surface area contributed by atoms with Crippen LogP contribution in [0.25, 0.3) is 0 Å². The molecule has 0 aliphatic heterocycles. The smallest absolute Gasteiger partial charge is 0.264 e. The monoisotopic (exact) mass is 418 g/mol. The molecule has 0 unspecified atom stereocenters. The average molecular weight is 419 g/mol. The molecular weight excluding hydrogens is 392 g/mol. The first-order chi connectivity index (χ1) is 13.9. The number of amides is 1. The van der Waals surface area contributed by atoms with Gasteiger partial charge in [0.25, 0.3) is 5.91 Å². The molecule has 2 aromatic carbocycles. The highest BCUT2D eigenvalue weighted by Crippen LogP contribution is 2.39. The molecular formula is C21H26N2O5S. The second-order valence-electron chi connectivity index (χ2n) is 7.22. The Morgan fingerprint density at radius 1 is 1.10 bits per heavy atom. The minimum absolute atomic E-state index is 0.0170. The van der Waals surface area contributed by atoms with Gasteiger partial charge in [-0.05, 0) is 43.4 Å². The predicted octanol–water partition coefficient (Wildman–Crippen LogP) is 2.71. The van der Waals surface area contributed by atoms with Crippen molar-refractivity contribution in [2.24, 2.45) is 0 Å². The standard InChI is InChI=1S/C21H26N2O5S/c1-28-18-12-14-21(15-13-18,20(24)22-25)23(16-17-8-4-2-5-9-17)29(26,27)19-10-6-3-7-11-19/h2-11,18,25H,12-16H2,1H3,(H,22,24). The zero-order valence-electron chi connectivity index (χ0n) is 16.3. The van der Waals surface area contributed by atoms with Crippen LogP contribution in [0.4, 0.5) is 0 Å². The fourth-order valence-corrected chi connectivity index (χ4v) is 5.73. The summed E-state index contributed by atoms with van der Waals surface area (Å²) in [6, 6.07) is 17.2. The maximum atomic E-state index is 13.6. The first-order valence-corrected chi connectivity index (χ1v) is 11.0. The first-order valence-electron chi connectivity index (χ1n) is 9.53. The zero-order chi connectivity index (χ0) is 20.9. The Morgan fingerprint density at radius 3 is 2.17 bits per heavy atom. The van der Waals surface area contributed by atoms with Crippen LogP contribution in [0.15, 0.2) is 65.6 Å². The number of methoxy groups -OCH3 is 1. The number of carbonyl (C=O) groups excluding carboxylic acids is 1. The Hall–Kier alpha value is -2.26. The maximum Gasteiger partial charge on any atom is 0.264 e. The summed E-state index contributed by atoms with van der Waals surface area (Å²) in [5.41, 5.74) is 1.06. The first kappa shape index (κ1) is 21.4. The van der Waals surface area contributed by atoms with Crippen LogP contribution in [0.3, 0.4) is 0 Å². The molecule has 1 saturated carbocycles. The fourth-order valence-electron chi connectivity index (χ4n) is 3.93. The van der Waals surface area contributed by atoms with Gasteiger partial charge in [0.05, 0.1) is 11.0 Å². The van der Waals surface area contributed by atoms with E-state index in [0.717, 1.165) is 5.56 Å². The SMILES string of the molecule is COC1CCC(C(=O)NO)(N(Cc2ccccc2)S(=O)(=O)c2ccccc2)CC1. The number of sulfonamides is 1. The Kier molecular flexibility index (Phi) is 6.69. The molecule has 2 N–H and O–H groups in total. The number of benzene rings is 2. The van der Waals surface area contributed by atoms with Crippen LogP contribution in [0, 0.1) is 0 Å². The van der Waals surface area contributed by atoms with Crippen LogP contribution >= 0.6 is 0 Å². The fraction of sp³-hybridized carbons (Fsp3) is 0.381. The summed E-state index contributed by atoms with van der Waals surface area (Å²) < 4.78 is 33.9. The molecule has 3 rings (SSSR count). The molecule has 0 heterocycles. The molecule has 156 valence electrons. The van der Waals surface area contributed by atoms with Crippen LogP contribution in [-0.2, 0) is 26.1 Å². The van der Waals surface area contributed by atoms with E-state index >= 15 is 0 Å². The second-order valence-corrected chi connectivity index (χ2v) is 9.08. The number of nitrogens with zero attached hydrogens (tertiary/aromatic N) is 1. The summed E-state index contributed by atoms with van der Waals surface area (Å²) in [6.45, 7) is 0.0170. The van der Waals surface area contributed by atoms with E-state index in [1.54, 1.807) is 30.8 Å². The lowest BCUT2D eigenvalue weighted by Crippen LogP contribution is -2.61. The van der Waals surface area contributed by atoms with E-state index in [0.29, 0.717) is 12.8 Å². The van der Waals surface area contributed by atoms with Crippen LogP contribution in [0.5, 0.6) is 0 Å². The van der Waals surface area contributed by atoms with Gasteiger partial charge in [-0.3, -0.25) is 10.0 Å². The molecule has 1 amide bonds. The largest absolute Gasteiger partial charge is 0.381 e. The van der Waals surface area contributed by atoms with Gasteiger partial charge >= 0.3 is 0 Å². The summed E-state index contributed by atoms with van der Waals surface area (Å²) >= 11 is 0. The van der Waals surface area contributed by atoms with Gasteiger partial charge in [-0.25, -0.2) is 13.9 Å². The van der Waals surface area contributed by atoms with Gasteiger partial charge in [-0.2, -0.15) is 4.31 Å². The summed E-state index contributed by atoms with van der Waals surface area (Å²) in [4.78, 5) is 13.0. The van der Waals surface area contributed by atoms with Gasteiger partial charge in [0.15, 0.2) is 0 Å². The van der Waals surface area contributed by atoms with Crippen molar-refractivity contribution in [1.29, 1.82) is 0 Å². The lowest BCUT2D eigenvalue weighted by atomic mass is 9.79. The van der Waals surface area contributed by atoms with Crippen molar-refractivity contribution < 1.29 is 23.2 Å². The third kappa shape index (κ3) is 4.35. The summed E-state index contributed by atoms with van der Waals surface area (Å²) in [5, 5.41) is 9.47. The minimum Gasteiger partial charge on any atom is -0.381 e. The Labute approximate surface area is 171 Å². The third-order valence-corrected chi connectivity index (χ3v) is 7.52. The second kappa shape index (κ2) is 9.04. The van der Waals surface area contributed by atoms with Crippen LogP contribution in [0.2, 0.25) is 0 Å². The van der Waals surface area contributed by atoms with Crippen molar-refractivity contribution in [1.82, 2.24) is 9.79 Å². The zero-order valence-corrected chi connectivity index (χ0v) is 17.1. The van der Waals surface area contributed by atoms with Crippen molar-refractivity contribution in [3.05, 3.63) is 66.2 Å². The Balaban J connectivity index is 2.10. The highest BCUT2D eigenvalue weighted by Gasteiger charge is 2.51. The Morgan fingerprint density at radius 2 is 1.66 bits per heavy atom. The topological polar surface area (TPSA) is 95.9 Å². The lowest BCUT2D eigenvalue weighted by molar-refractivity contribution is -0.143. The maximum absolute atomic E-state index is 13.6. The molecule has 1 aliphatic rings. The average Bonchev–Trinajstić information content (AvgIpc) is 2.78. The molecule has 1 fully saturated rings. The summed E-state index contributed by atoms with van der Waals surface area (Å²) in [6.07, 6.45) is 1.47. The van der Waals surface area contributed by atoms with Crippen LogP contribution < -0.4 is 5.48 Å². The molecule has 0 spiro atoms. The molecule has 2 aromatic rings. The summed E-state index contributed by atoms with van der Waals surface area (Å²) in [5.74, 6) is -0.720. The normalized spacial score (nSPS) is 22.4. The number of hydroxylamine groups is 1. The molecule has 0 bridgehead atoms. The van der Waals surface area contributed by atoms with Crippen molar-refractivity contribution >= 4 is 15.9 Å². The molecule has 7 nitrogen and oxygen atoms in total. The van der Waals surface area contributed by atoms with Crippen molar-refractivity contribution in [2.45, 2.75) is 48.8 Å². The number of hydrogen-bond donors (Lipinski definition) is 2. The van der Waals surface area contributed by atoms with E-state index in [9.17, 15) is 18.4 Å². The quantitative estimate of drug-likeness (QED) is 0.532. The molecule has 0 aromatic heterocycles. The van der Waals surface area contributed by atoms with E-state index in [1.807, 2.05) is 30.3 Å². The van der Waals surface area contributed by atoms with Gasteiger partial charge in [0, 0.05) is 13.7 Å². The van der Waals surface area contributed by atoms with Crippen LogP contribution in [-0.4, -0.2) is 42.6 Å². The molecule has 0 atom stereocenters. The van der Waals surface area contributed by atoms with E-state index in [4.69, 9.17) is 4.74 Å². The van der Waals surface area contributed by atoms with Gasteiger partial charge in [0.1, 0.15) is 5.54 Å². The van der Waals surface area contributed by atoms with Crippen molar-refractivity contribution in [3.63, 3.8) is 0 Å². The number of hydrogen-bond acceptors (Lipinski definition) is 5. The lowest BCUT2D eigenvalue weighted by Gasteiger charge is -2.45. The molecule has 29 heavy (non-hydrogen) atoms. The van der Waals surface area contributed by atoms with Crippen LogP contribution in [0.1, 0.15) is 31.2 Å². The van der Waals surface area contributed by atoms with Crippen molar-refractivity contribution in [3.8, 4) is 0 Å². The van der Waals surface area contributed by atoms with E-state index < -0.39 is 21.5 Å². The van der Waals surface area contributed by atoms with E-state index in [-0.39, 0.29) is 30.4 Å². The highest BCUT2D eigenvalue weighted by molar-refractivity contribution is 7.89. The highest BCUT2D eigenvalue weighted by atomic mass is 32.2. The molecule has 8 heteroatoms. The molecule has 1 aliphatic carbocycles. The van der Waals surface area contributed by atoms with E-state index in [2.05, 4.69) is 0 Å². The Bertz CT molecular complexity index is 911. The third-order valence-electron chi connectivity index (χ3n) is 5.59. The predicted molar refractivity (Wildman–Crippen MR) is 108 cm³/mol. The number of carbonyl (C=O) groups is 1. The van der Waals surface area contributed by atoms with Gasteiger partial charge in [0.2, 0.25) is 10.0 Å². The minimum atomic E-state index is -4.02. The van der Waals surface area contributed by atoms with Crippen molar-refractivity contribution in [2.75, 3.05) is 7.11 Å². The summed E-state index contributed by atoms with van der Waals surface area (Å²) in [7, 11) is -2.41. The van der Waals surface area contributed by atoms with Gasteiger partial charge < -0.3 is 4.74 Å². The number of nitrogens with one attached hydrogen (secondary N) is 1. The molecule has 0 radical (unpaired) electrons. The van der Waals surface area contributed by atoms with Gasteiger partial charge in [-0.1, -0.05) is 48.5 Å². The van der Waals surface area contributed by atoms with Gasteiger partial charge in [-0.15, -0.1) is 0 Å². The number of ether oxygens (including phenoxy) is 1.